The number of anilines is 1. The van der Waals surface area contributed by atoms with Crippen LogP contribution in [0.25, 0.3) is 0 Å². The quantitative estimate of drug-likeness (QED) is 0.744. The van der Waals surface area contributed by atoms with Gasteiger partial charge in [-0.2, -0.15) is 0 Å². The Hall–Kier alpha value is -2.73. The molecular formula is C20H24N2O4. The van der Waals surface area contributed by atoms with E-state index < -0.39 is 0 Å². The molecule has 0 N–H and O–H groups in total. The minimum absolute atomic E-state index is 0.648. The molecule has 1 saturated heterocycles. The zero-order valence-corrected chi connectivity index (χ0v) is 15.4. The molecule has 2 aromatic carbocycles. The largest absolute Gasteiger partial charge is 0.496 e. The van der Waals surface area contributed by atoms with Gasteiger partial charge in [-0.15, -0.1) is 0 Å². The minimum atomic E-state index is 0.648. The van der Waals surface area contributed by atoms with Gasteiger partial charge in [-0.25, -0.2) is 0 Å². The summed E-state index contributed by atoms with van der Waals surface area (Å²) in [4.78, 5) is 6.88. The van der Waals surface area contributed by atoms with Crippen LogP contribution in [0.1, 0.15) is 5.56 Å². The van der Waals surface area contributed by atoms with Crippen LogP contribution in [0.5, 0.6) is 17.2 Å². The molecule has 1 aliphatic heterocycles. The molecule has 0 amide bonds. The van der Waals surface area contributed by atoms with Crippen LogP contribution in [-0.2, 0) is 4.74 Å². The summed E-state index contributed by atoms with van der Waals surface area (Å²) in [5, 5.41) is 0. The van der Waals surface area contributed by atoms with Crippen molar-refractivity contribution >= 4 is 17.6 Å². The Balaban J connectivity index is 1.81. The molecule has 138 valence electrons. The Kier molecular flexibility index (Phi) is 5.96. The van der Waals surface area contributed by atoms with E-state index in [4.69, 9.17) is 18.9 Å². The average Bonchev–Trinajstić information content (AvgIpc) is 2.72. The monoisotopic (exact) mass is 356 g/mol. The summed E-state index contributed by atoms with van der Waals surface area (Å²) >= 11 is 0. The average molecular weight is 356 g/mol. The van der Waals surface area contributed by atoms with Gasteiger partial charge in [0.25, 0.3) is 0 Å². The maximum atomic E-state index is 5.45. The minimum Gasteiger partial charge on any atom is -0.496 e. The van der Waals surface area contributed by atoms with Crippen molar-refractivity contribution in [2.24, 2.45) is 4.99 Å². The molecular weight excluding hydrogens is 332 g/mol. The first-order valence-corrected chi connectivity index (χ1v) is 8.52. The van der Waals surface area contributed by atoms with E-state index in [1.54, 1.807) is 27.5 Å². The predicted octanol–water partition coefficient (Wildman–Crippen LogP) is 3.30. The fraction of sp³-hybridized carbons (Fsp3) is 0.350. The van der Waals surface area contributed by atoms with Crippen LogP contribution in [0.4, 0.5) is 11.4 Å². The molecule has 0 bridgehead atoms. The van der Waals surface area contributed by atoms with Gasteiger partial charge in [0.1, 0.15) is 17.2 Å². The third-order valence-electron chi connectivity index (χ3n) is 4.32. The van der Waals surface area contributed by atoms with Crippen molar-refractivity contribution < 1.29 is 18.9 Å². The molecule has 0 aliphatic carbocycles. The summed E-state index contributed by atoms with van der Waals surface area (Å²) in [6.45, 7) is 3.39. The Morgan fingerprint density at radius 3 is 2.08 bits per heavy atom. The van der Waals surface area contributed by atoms with Crippen LogP contribution in [0.15, 0.2) is 41.4 Å². The second-order valence-electron chi connectivity index (χ2n) is 5.82. The van der Waals surface area contributed by atoms with Crippen LogP contribution >= 0.6 is 0 Å². The van der Waals surface area contributed by atoms with E-state index in [2.05, 4.69) is 22.0 Å². The molecule has 2 aromatic rings. The highest BCUT2D eigenvalue weighted by atomic mass is 16.5. The Bertz CT molecular complexity index is 728. The molecule has 3 rings (SSSR count). The van der Waals surface area contributed by atoms with Gasteiger partial charge in [0, 0.05) is 37.1 Å². The van der Waals surface area contributed by atoms with E-state index in [0.717, 1.165) is 37.6 Å². The topological polar surface area (TPSA) is 52.5 Å². The van der Waals surface area contributed by atoms with Gasteiger partial charge in [-0.1, -0.05) is 0 Å². The summed E-state index contributed by atoms with van der Waals surface area (Å²) in [5.74, 6) is 1.97. The number of hydrogen-bond donors (Lipinski definition) is 0. The number of nitrogens with zero attached hydrogens (tertiary/aromatic N) is 2. The standard InChI is InChI=1S/C20H24N2O4/c1-23-17-12-19(24-2)18(20(13-17)25-3)14-21-15-4-6-16(7-5-15)22-8-10-26-11-9-22/h4-7,12-14H,8-11H2,1-3H3. The SMILES string of the molecule is COc1cc(OC)c(C=Nc2ccc(N3CCOCC3)cc2)c(OC)c1. The van der Waals surface area contributed by atoms with E-state index in [1.165, 1.54) is 5.69 Å². The van der Waals surface area contributed by atoms with Gasteiger partial charge in [-0.05, 0) is 24.3 Å². The zero-order valence-electron chi connectivity index (χ0n) is 15.4. The Morgan fingerprint density at radius 2 is 1.54 bits per heavy atom. The van der Waals surface area contributed by atoms with Crippen molar-refractivity contribution in [1.82, 2.24) is 0 Å². The third kappa shape index (κ3) is 4.08. The van der Waals surface area contributed by atoms with Crippen LogP contribution in [0, 0.1) is 0 Å². The van der Waals surface area contributed by atoms with E-state index in [0.29, 0.717) is 17.2 Å². The Morgan fingerprint density at radius 1 is 0.923 bits per heavy atom. The number of hydrogen-bond acceptors (Lipinski definition) is 6. The van der Waals surface area contributed by atoms with Gasteiger partial charge in [0.2, 0.25) is 0 Å². The lowest BCUT2D eigenvalue weighted by molar-refractivity contribution is 0.122. The summed E-state index contributed by atoms with van der Waals surface area (Å²) < 4.78 is 21.6. The molecule has 1 fully saturated rings. The van der Waals surface area contributed by atoms with Crippen molar-refractivity contribution in [2.75, 3.05) is 52.5 Å². The lowest BCUT2D eigenvalue weighted by Gasteiger charge is -2.28. The molecule has 0 saturated carbocycles. The number of ether oxygens (including phenoxy) is 4. The lowest BCUT2D eigenvalue weighted by Crippen LogP contribution is -2.36. The molecule has 26 heavy (non-hydrogen) atoms. The molecule has 0 unspecified atom stereocenters. The van der Waals surface area contributed by atoms with Gasteiger partial charge < -0.3 is 23.8 Å². The van der Waals surface area contributed by atoms with E-state index >= 15 is 0 Å². The number of morpholine rings is 1. The summed E-state index contributed by atoms with van der Waals surface area (Å²) in [6.07, 6.45) is 1.75. The van der Waals surface area contributed by atoms with Gasteiger partial charge >= 0.3 is 0 Å². The summed E-state index contributed by atoms with van der Waals surface area (Å²) in [7, 11) is 4.84. The van der Waals surface area contributed by atoms with Crippen molar-refractivity contribution in [3.8, 4) is 17.2 Å². The fourth-order valence-electron chi connectivity index (χ4n) is 2.87. The maximum absolute atomic E-state index is 5.45. The van der Waals surface area contributed by atoms with Crippen molar-refractivity contribution in [3.05, 3.63) is 42.0 Å². The molecule has 0 aromatic heterocycles. The smallest absolute Gasteiger partial charge is 0.135 e. The normalized spacial score (nSPS) is 14.5. The highest BCUT2D eigenvalue weighted by Crippen LogP contribution is 2.33. The summed E-state index contributed by atoms with van der Waals surface area (Å²) in [6, 6.07) is 11.8. The predicted molar refractivity (Wildman–Crippen MR) is 103 cm³/mol. The van der Waals surface area contributed by atoms with E-state index in [1.807, 2.05) is 24.3 Å². The summed E-state index contributed by atoms with van der Waals surface area (Å²) in [5.41, 5.74) is 2.82. The number of benzene rings is 2. The van der Waals surface area contributed by atoms with Crippen molar-refractivity contribution in [1.29, 1.82) is 0 Å². The highest BCUT2D eigenvalue weighted by Gasteiger charge is 2.12. The second-order valence-corrected chi connectivity index (χ2v) is 5.82. The maximum Gasteiger partial charge on any atom is 0.135 e. The molecule has 0 spiro atoms. The molecule has 0 radical (unpaired) electrons. The number of rotatable bonds is 6. The molecule has 1 heterocycles. The molecule has 6 nitrogen and oxygen atoms in total. The van der Waals surface area contributed by atoms with Gasteiger partial charge in [-0.3, -0.25) is 4.99 Å². The van der Waals surface area contributed by atoms with E-state index in [9.17, 15) is 0 Å². The number of aliphatic imine (C=N–C) groups is 1. The second kappa shape index (κ2) is 8.58. The van der Waals surface area contributed by atoms with Crippen LogP contribution in [-0.4, -0.2) is 53.8 Å². The van der Waals surface area contributed by atoms with Crippen LogP contribution in [0.2, 0.25) is 0 Å². The highest BCUT2D eigenvalue weighted by molar-refractivity contribution is 5.89. The first-order valence-electron chi connectivity index (χ1n) is 8.52. The lowest BCUT2D eigenvalue weighted by atomic mass is 10.1. The first-order chi connectivity index (χ1) is 12.7. The first kappa shape index (κ1) is 18.1. The zero-order chi connectivity index (χ0) is 18.4. The van der Waals surface area contributed by atoms with Crippen molar-refractivity contribution in [2.45, 2.75) is 0 Å². The molecule has 6 heteroatoms. The van der Waals surface area contributed by atoms with Crippen molar-refractivity contribution in [3.63, 3.8) is 0 Å². The fourth-order valence-corrected chi connectivity index (χ4v) is 2.87. The molecule has 0 atom stereocenters. The van der Waals surface area contributed by atoms with Crippen LogP contribution < -0.4 is 19.1 Å². The molecule has 1 aliphatic rings. The van der Waals surface area contributed by atoms with Gasteiger partial charge in [0.05, 0.1) is 45.8 Å². The Labute approximate surface area is 154 Å². The van der Waals surface area contributed by atoms with Gasteiger partial charge in [0.15, 0.2) is 0 Å². The third-order valence-corrected chi connectivity index (χ3v) is 4.32. The van der Waals surface area contributed by atoms with Crippen LogP contribution in [0.3, 0.4) is 0 Å². The van der Waals surface area contributed by atoms with E-state index in [-0.39, 0.29) is 0 Å². The number of methoxy groups -OCH3 is 3.